The number of methoxy groups -OCH3 is 1. The van der Waals surface area contributed by atoms with Crippen LogP contribution in [0.25, 0.3) is 22.4 Å². The summed E-state index contributed by atoms with van der Waals surface area (Å²) in [5.74, 6) is -2.16. The van der Waals surface area contributed by atoms with Gasteiger partial charge in [-0.15, -0.1) is 0 Å². The molecule has 1 fully saturated rings. The highest BCUT2D eigenvalue weighted by Gasteiger charge is 2.31. The summed E-state index contributed by atoms with van der Waals surface area (Å²) >= 11 is 0. The van der Waals surface area contributed by atoms with Crippen molar-refractivity contribution < 1.29 is 27.4 Å². The van der Waals surface area contributed by atoms with Gasteiger partial charge >= 0.3 is 6.09 Å². The lowest BCUT2D eigenvalue weighted by molar-refractivity contribution is 0.0181. The van der Waals surface area contributed by atoms with Crippen LogP contribution < -0.4 is 4.74 Å². The van der Waals surface area contributed by atoms with Crippen LogP contribution in [0, 0.1) is 28.9 Å². The normalized spacial score (nSPS) is 14.4. The third-order valence-electron chi connectivity index (χ3n) is 6.12. The number of piperidine rings is 1. The molecule has 2 heterocycles. The number of likely N-dealkylation sites (tertiary alicyclic amines) is 1. The van der Waals surface area contributed by atoms with Crippen molar-refractivity contribution >= 4 is 6.09 Å². The van der Waals surface area contributed by atoms with Gasteiger partial charge in [-0.3, -0.25) is 0 Å². The van der Waals surface area contributed by atoms with Gasteiger partial charge in [0.1, 0.15) is 23.2 Å². The molecule has 0 saturated carbocycles. The van der Waals surface area contributed by atoms with Gasteiger partial charge in [-0.25, -0.2) is 18.3 Å². The maximum absolute atomic E-state index is 16.0. The van der Waals surface area contributed by atoms with Gasteiger partial charge in [-0.05, 0) is 69.5 Å². The van der Waals surface area contributed by atoms with Gasteiger partial charge in [0.25, 0.3) is 0 Å². The van der Waals surface area contributed by atoms with Crippen LogP contribution in [0.4, 0.5) is 18.0 Å². The van der Waals surface area contributed by atoms with E-state index < -0.39 is 35.3 Å². The zero-order chi connectivity index (χ0) is 26.9. The molecule has 0 spiro atoms. The first-order valence-corrected chi connectivity index (χ1v) is 11.8. The molecule has 1 amide bonds. The van der Waals surface area contributed by atoms with E-state index in [-0.39, 0.29) is 33.7 Å². The van der Waals surface area contributed by atoms with Gasteiger partial charge in [0.2, 0.25) is 5.95 Å². The number of carbonyl (C=O) groups is 1. The topological polar surface area (TPSA) is 80.4 Å². The minimum absolute atomic E-state index is 0.0115. The largest absolute Gasteiger partial charge is 0.494 e. The summed E-state index contributed by atoms with van der Waals surface area (Å²) in [4.78, 5) is 14.0. The maximum atomic E-state index is 16.0. The second-order valence-corrected chi connectivity index (χ2v) is 9.81. The molecule has 4 rings (SSSR count). The number of nitriles is 1. The van der Waals surface area contributed by atoms with Crippen LogP contribution in [0.2, 0.25) is 0 Å². The molecule has 1 saturated heterocycles. The Labute approximate surface area is 213 Å². The van der Waals surface area contributed by atoms with E-state index in [0.29, 0.717) is 25.9 Å². The summed E-state index contributed by atoms with van der Waals surface area (Å²) in [6, 6.07) is 9.24. The molecule has 1 aromatic heterocycles. The van der Waals surface area contributed by atoms with Crippen LogP contribution in [-0.4, -0.2) is 46.6 Å². The highest BCUT2D eigenvalue weighted by Crippen LogP contribution is 2.38. The third-order valence-corrected chi connectivity index (χ3v) is 6.12. The lowest BCUT2D eigenvalue weighted by Crippen LogP contribution is -2.42. The number of halogens is 3. The Hall–Kier alpha value is -4.00. The lowest BCUT2D eigenvalue weighted by atomic mass is 9.99. The molecule has 2 aromatic carbocycles. The number of benzene rings is 2. The molecule has 3 aromatic rings. The summed E-state index contributed by atoms with van der Waals surface area (Å²) in [5.41, 5.74) is -0.251. The second kappa shape index (κ2) is 10.2. The Morgan fingerprint density at radius 3 is 2.27 bits per heavy atom. The number of carbonyl (C=O) groups excluding carboxylic acids is 1. The van der Waals surface area contributed by atoms with Gasteiger partial charge in [0.15, 0.2) is 11.6 Å². The SMILES string of the molecule is COc1ccc(-c2nn(C3CCN(C(=O)OC(C)(C)C)CC3)c(F)c2-c2ccc(C#N)c(F)c2)cc1F. The van der Waals surface area contributed by atoms with E-state index in [1.54, 1.807) is 37.8 Å². The third kappa shape index (κ3) is 5.40. The van der Waals surface area contributed by atoms with E-state index in [4.69, 9.17) is 14.7 Å². The predicted octanol–water partition coefficient (Wildman–Crippen LogP) is 6.09. The molecule has 10 heteroatoms. The number of rotatable bonds is 4. The van der Waals surface area contributed by atoms with Crippen LogP contribution in [0.5, 0.6) is 5.75 Å². The number of hydrogen-bond acceptors (Lipinski definition) is 5. The number of ether oxygens (including phenoxy) is 2. The van der Waals surface area contributed by atoms with Crippen LogP contribution in [0.1, 0.15) is 45.2 Å². The van der Waals surface area contributed by atoms with E-state index in [9.17, 15) is 13.6 Å². The molecular formula is C27H27F3N4O3. The van der Waals surface area contributed by atoms with Crippen molar-refractivity contribution in [2.75, 3.05) is 20.2 Å². The average Bonchev–Trinajstić information content (AvgIpc) is 3.20. The first-order chi connectivity index (χ1) is 17.5. The molecule has 37 heavy (non-hydrogen) atoms. The standard InChI is InChI=1S/C27H27F3N4O3/c1-27(2,3)37-26(35)33-11-9-19(10-12-33)34-25(30)23(16-5-6-18(15-31)20(28)13-16)24(32-34)17-7-8-22(36-4)21(29)14-17/h5-8,13-14,19H,9-12H2,1-4H3. The first-order valence-electron chi connectivity index (χ1n) is 11.8. The number of aromatic nitrogens is 2. The van der Waals surface area contributed by atoms with Crippen LogP contribution >= 0.6 is 0 Å². The molecule has 0 aliphatic carbocycles. The number of hydrogen-bond donors (Lipinski definition) is 0. The minimum atomic E-state index is -0.801. The van der Waals surface area contributed by atoms with Crippen LogP contribution in [-0.2, 0) is 4.74 Å². The van der Waals surface area contributed by atoms with Gasteiger partial charge in [0.05, 0.1) is 24.3 Å². The fourth-order valence-corrected chi connectivity index (χ4v) is 4.31. The van der Waals surface area contributed by atoms with E-state index in [2.05, 4.69) is 5.10 Å². The smallest absolute Gasteiger partial charge is 0.410 e. The molecule has 194 valence electrons. The molecule has 7 nitrogen and oxygen atoms in total. The fraction of sp³-hybridized carbons (Fsp3) is 0.370. The zero-order valence-electron chi connectivity index (χ0n) is 21.0. The molecule has 0 N–H and O–H groups in total. The fourth-order valence-electron chi connectivity index (χ4n) is 4.31. The predicted molar refractivity (Wildman–Crippen MR) is 130 cm³/mol. The van der Waals surface area contributed by atoms with E-state index in [1.807, 2.05) is 0 Å². The van der Waals surface area contributed by atoms with Crippen molar-refractivity contribution in [3.05, 3.63) is 59.5 Å². The van der Waals surface area contributed by atoms with Gasteiger partial charge < -0.3 is 14.4 Å². The highest BCUT2D eigenvalue weighted by atomic mass is 19.1. The van der Waals surface area contributed by atoms with Crippen molar-refractivity contribution in [3.8, 4) is 34.2 Å². The van der Waals surface area contributed by atoms with Crippen molar-refractivity contribution in [2.45, 2.75) is 45.3 Å². The van der Waals surface area contributed by atoms with E-state index >= 15 is 4.39 Å². The Bertz CT molecular complexity index is 1370. The van der Waals surface area contributed by atoms with Gasteiger partial charge in [-0.1, -0.05) is 6.07 Å². The highest BCUT2D eigenvalue weighted by molar-refractivity contribution is 5.81. The summed E-state index contributed by atoms with van der Waals surface area (Å²) < 4.78 is 56.6. The molecule has 0 radical (unpaired) electrons. The number of nitrogens with zero attached hydrogens (tertiary/aromatic N) is 4. The summed E-state index contributed by atoms with van der Waals surface area (Å²) in [6.45, 7) is 6.04. The second-order valence-electron chi connectivity index (χ2n) is 9.81. The molecule has 0 atom stereocenters. The first kappa shape index (κ1) is 26.1. The quantitative estimate of drug-likeness (QED) is 0.423. The molecule has 1 aliphatic rings. The van der Waals surface area contributed by atoms with E-state index in [0.717, 1.165) is 6.07 Å². The summed E-state index contributed by atoms with van der Waals surface area (Å²) in [5, 5.41) is 13.6. The number of amides is 1. The molecule has 0 bridgehead atoms. The molecular weight excluding hydrogens is 485 g/mol. The Morgan fingerprint density at radius 1 is 1.05 bits per heavy atom. The lowest BCUT2D eigenvalue weighted by Gasteiger charge is -2.33. The monoisotopic (exact) mass is 512 g/mol. The van der Waals surface area contributed by atoms with Gasteiger partial charge in [0, 0.05) is 18.7 Å². The zero-order valence-corrected chi connectivity index (χ0v) is 21.0. The Balaban J connectivity index is 1.72. The van der Waals surface area contributed by atoms with Crippen molar-refractivity contribution in [1.82, 2.24) is 14.7 Å². The molecule has 0 unspecified atom stereocenters. The summed E-state index contributed by atoms with van der Waals surface area (Å²) in [7, 11) is 1.33. The average molecular weight is 513 g/mol. The maximum Gasteiger partial charge on any atom is 0.410 e. The van der Waals surface area contributed by atoms with Crippen LogP contribution in [0.15, 0.2) is 36.4 Å². The van der Waals surface area contributed by atoms with Crippen molar-refractivity contribution in [1.29, 1.82) is 5.26 Å². The summed E-state index contributed by atoms with van der Waals surface area (Å²) in [6.07, 6.45) is 0.389. The Kier molecular flexibility index (Phi) is 7.16. The molecule has 1 aliphatic heterocycles. The van der Waals surface area contributed by atoms with Crippen molar-refractivity contribution in [3.63, 3.8) is 0 Å². The minimum Gasteiger partial charge on any atom is -0.494 e. The van der Waals surface area contributed by atoms with E-state index in [1.165, 1.54) is 36.1 Å². The van der Waals surface area contributed by atoms with Gasteiger partial charge in [-0.2, -0.15) is 14.8 Å². The Morgan fingerprint density at radius 2 is 1.70 bits per heavy atom. The van der Waals surface area contributed by atoms with Crippen molar-refractivity contribution in [2.24, 2.45) is 0 Å². The van der Waals surface area contributed by atoms with Crippen LogP contribution in [0.3, 0.4) is 0 Å².